The Morgan fingerprint density at radius 2 is 2.14 bits per heavy atom. The number of hydrogen-bond acceptors (Lipinski definition) is 3. The lowest BCUT2D eigenvalue weighted by atomic mass is 10.2. The maximum atomic E-state index is 11.5. The zero-order chi connectivity index (χ0) is 10.7. The Bertz CT molecular complexity index is 359. The molecule has 4 nitrogen and oxygen atoms in total. The molecule has 0 unspecified atom stereocenters. The first kappa shape index (κ1) is 10.7. The highest BCUT2D eigenvalue weighted by atomic mass is 32.1. The summed E-state index contributed by atoms with van der Waals surface area (Å²) in [5.41, 5.74) is 1.41. The summed E-state index contributed by atoms with van der Waals surface area (Å²) in [6, 6.07) is -0.859. The van der Waals surface area contributed by atoms with Crippen LogP contribution in [0.2, 0.25) is 0 Å². The lowest BCUT2D eigenvalue weighted by molar-refractivity contribution is -0.138. The van der Waals surface area contributed by atoms with E-state index in [2.05, 4.69) is 5.32 Å². The molecule has 2 N–H and O–H groups in total. The van der Waals surface area contributed by atoms with Gasteiger partial charge in [-0.15, -0.1) is 0 Å². The number of thiophene rings is 1. The number of carbonyl (C=O) groups is 2. The van der Waals surface area contributed by atoms with Crippen molar-refractivity contribution >= 4 is 23.2 Å². The molecule has 0 saturated carbocycles. The molecule has 0 aliphatic rings. The van der Waals surface area contributed by atoms with E-state index in [9.17, 15) is 9.59 Å². The van der Waals surface area contributed by atoms with Gasteiger partial charge in [0.05, 0.1) is 5.56 Å². The van der Waals surface area contributed by atoms with Gasteiger partial charge in [-0.1, -0.05) is 0 Å². The summed E-state index contributed by atoms with van der Waals surface area (Å²) in [6.07, 6.45) is 0. The number of amides is 1. The van der Waals surface area contributed by atoms with Crippen LogP contribution in [-0.2, 0) is 4.79 Å². The fourth-order valence-electron chi connectivity index (χ4n) is 0.929. The second-order valence-electron chi connectivity index (χ2n) is 3.00. The van der Waals surface area contributed by atoms with Crippen LogP contribution in [0, 0.1) is 6.92 Å². The highest BCUT2D eigenvalue weighted by molar-refractivity contribution is 7.08. The minimum absolute atomic E-state index is 0.335. The summed E-state index contributed by atoms with van der Waals surface area (Å²) in [5, 5.41) is 14.5. The van der Waals surface area contributed by atoms with Crippen molar-refractivity contribution in [2.24, 2.45) is 0 Å². The van der Waals surface area contributed by atoms with Crippen molar-refractivity contribution in [3.05, 3.63) is 21.9 Å². The van der Waals surface area contributed by atoms with Gasteiger partial charge in [0, 0.05) is 5.38 Å². The van der Waals surface area contributed by atoms with E-state index in [-0.39, 0.29) is 5.91 Å². The smallest absolute Gasteiger partial charge is 0.325 e. The van der Waals surface area contributed by atoms with Crippen LogP contribution in [0.5, 0.6) is 0 Å². The Balaban J connectivity index is 2.69. The minimum atomic E-state index is -1.04. The third kappa shape index (κ3) is 2.32. The van der Waals surface area contributed by atoms with Gasteiger partial charge in [-0.25, -0.2) is 0 Å². The fourth-order valence-corrected chi connectivity index (χ4v) is 1.76. The van der Waals surface area contributed by atoms with Gasteiger partial charge in [0.2, 0.25) is 0 Å². The van der Waals surface area contributed by atoms with E-state index in [1.165, 1.54) is 18.3 Å². The summed E-state index contributed by atoms with van der Waals surface area (Å²) >= 11 is 1.42. The number of carbonyl (C=O) groups excluding carboxylic acids is 1. The van der Waals surface area contributed by atoms with Gasteiger partial charge in [-0.3, -0.25) is 9.59 Å². The van der Waals surface area contributed by atoms with Crippen molar-refractivity contribution in [2.75, 3.05) is 0 Å². The molecule has 0 aliphatic carbocycles. The number of rotatable bonds is 3. The molecule has 1 atom stereocenters. The average molecular weight is 213 g/mol. The molecule has 14 heavy (non-hydrogen) atoms. The summed E-state index contributed by atoms with van der Waals surface area (Å²) in [4.78, 5) is 22.0. The lowest BCUT2D eigenvalue weighted by Gasteiger charge is -2.08. The third-order valence-electron chi connectivity index (χ3n) is 1.82. The van der Waals surface area contributed by atoms with Gasteiger partial charge < -0.3 is 10.4 Å². The van der Waals surface area contributed by atoms with Crippen LogP contribution in [0.1, 0.15) is 22.8 Å². The second kappa shape index (κ2) is 4.23. The van der Waals surface area contributed by atoms with Gasteiger partial charge >= 0.3 is 5.97 Å². The van der Waals surface area contributed by atoms with Crippen LogP contribution in [0.25, 0.3) is 0 Å². The van der Waals surface area contributed by atoms with E-state index in [1.807, 2.05) is 12.3 Å². The molecule has 1 rings (SSSR count). The molecular weight excluding hydrogens is 202 g/mol. The number of hydrogen-bond donors (Lipinski definition) is 2. The van der Waals surface area contributed by atoms with Crippen LogP contribution < -0.4 is 5.32 Å². The molecule has 0 spiro atoms. The monoisotopic (exact) mass is 213 g/mol. The lowest BCUT2D eigenvalue weighted by Crippen LogP contribution is -2.38. The Labute approximate surface area is 85.6 Å². The molecule has 5 heteroatoms. The second-order valence-corrected chi connectivity index (χ2v) is 3.75. The predicted molar refractivity (Wildman–Crippen MR) is 53.6 cm³/mol. The zero-order valence-corrected chi connectivity index (χ0v) is 8.72. The van der Waals surface area contributed by atoms with E-state index >= 15 is 0 Å². The van der Waals surface area contributed by atoms with Crippen LogP contribution in [-0.4, -0.2) is 23.0 Å². The molecule has 1 aromatic rings. The van der Waals surface area contributed by atoms with Crippen LogP contribution >= 0.6 is 11.3 Å². The first-order valence-corrected chi connectivity index (χ1v) is 5.03. The van der Waals surface area contributed by atoms with Gasteiger partial charge in [0.15, 0.2) is 0 Å². The Kier molecular flexibility index (Phi) is 3.24. The highest BCUT2D eigenvalue weighted by Gasteiger charge is 2.16. The average Bonchev–Trinajstić information content (AvgIpc) is 2.51. The SMILES string of the molecule is Cc1cscc1C(=O)N[C@H](C)C(=O)O. The largest absolute Gasteiger partial charge is 0.480 e. The molecule has 1 heterocycles. The summed E-state index contributed by atoms with van der Waals surface area (Å²) in [5.74, 6) is -1.37. The molecular formula is C9H11NO3S. The third-order valence-corrected chi connectivity index (χ3v) is 2.68. The number of carboxylic acid groups (broad SMARTS) is 1. The van der Waals surface area contributed by atoms with E-state index in [4.69, 9.17) is 5.11 Å². The Morgan fingerprint density at radius 3 is 2.57 bits per heavy atom. The molecule has 1 amide bonds. The van der Waals surface area contributed by atoms with Gasteiger partial charge in [0.1, 0.15) is 6.04 Å². The van der Waals surface area contributed by atoms with E-state index < -0.39 is 12.0 Å². The molecule has 0 aliphatic heterocycles. The number of aliphatic carboxylic acids is 1. The van der Waals surface area contributed by atoms with E-state index in [1.54, 1.807) is 5.38 Å². The van der Waals surface area contributed by atoms with E-state index in [0.29, 0.717) is 5.56 Å². The maximum absolute atomic E-state index is 11.5. The quantitative estimate of drug-likeness (QED) is 0.794. The zero-order valence-electron chi connectivity index (χ0n) is 7.90. The van der Waals surface area contributed by atoms with Crippen molar-refractivity contribution < 1.29 is 14.7 Å². The van der Waals surface area contributed by atoms with Crippen LogP contribution in [0.4, 0.5) is 0 Å². The van der Waals surface area contributed by atoms with Gasteiger partial charge in [0.25, 0.3) is 5.91 Å². The summed E-state index contributed by atoms with van der Waals surface area (Å²) in [7, 11) is 0. The number of aryl methyl sites for hydroxylation is 1. The number of carboxylic acids is 1. The Morgan fingerprint density at radius 1 is 1.50 bits per heavy atom. The molecule has 1 aromatic heterocycles. The standard InChI is InChI=1S/C9H11NO3S/c1-5-3-14-4-7(5)8(11)10-6(2)9(12)13/h3-4,6H,1-2H3,(H,10,11)(H,12,13)/t6-/m1/s1. The van der Waals surface area contributed by atoms with Crippen molar-refractivity contribution in [1.82, 2.24) is 5.32 Å². The normalized spacial score (nSPS) is 12.1. The van der Waals surface area contributed by atoms with Crippen molar-refractivity contribution in [2.45, 2.75) is 19.9 Å². The molecule has 0 aromatic carbocycles. The molecule has 76 valence electrons. The minimum Gasteiger partial charge on any atom is -0.480 e. The van der Waals surface area contributed by atoms with Crippen LogP contribution in [0.15, 0.2) is 10.8 Å². The predicted octanol–water partition coefficient (Wildman–Crippen LogP) is 1.26. The topological polar surface area (TPSA) is 66.4 Å². The van der Waals surface area contributed by atoms with Crippen molar-refractivity contribution in [1.29, 1.82) is 0 Å². The summed E-state index contributed by atoms with van der Waals surface area (Å²) in [6.45, 7) is 3.25. The highest BCUT2D eigenvalue weighted by Crippen LogP contribution is 2.13. The first-order valence-electron chi connectivity index (χ1n) is 4.09. The van der Waals surface area contributed by atoms with Gasteiger partial charge in [-0.05, 0) is 24.8 Å². The van der Waals surface area contributed by atoms with Crippen LogP contribution in [0.3, 0.4) is 0 Å². The fraction of sp³-hybridized carbons (Fsp3) is 0.333. The molecule has 0 bridgehead atoms. The van der Waals surface area contributed by atoms with E-state index in [0.717, 1.165) is 5.56 Å². The summed E-state index contributed by atoms with van der Waals surface area (Å²) < 4.78 is 0. The van der Waals surface area contributed by atoms with Gasteiger partial charge in [-0.2, -0.15) is 11.3 Å². The molecule has 0 saturated heterocycles. The molecule has 0 radical (unpaired) electrons. The Hall–Kier alpha value is -1.36. The molecule has 0 fully saturated rings. The van der Waals surface area contributed by atoms with Crippen molar-refractivity contribution in [3.8, 4) is 0 Å². The maximum Gasteiger partial charge on any atom is 0.325 e. The van der Waals surface area contributed by atoms with Crippen molar-refractivity contribution in [3.63, 3.8) is 0 Å². The first-order chi connectivity index (χ1) is 6.52. The number of nitrogens with one attached hydrogen (secondary N) is 1.